The third kappa shape index (κ3) is 2.87. The van der Waals surface area contributed by atoms with Crippen LogP contribution in [0, 0.1) is 0 Å². The van der Waals surface area contributed by atoms with Crippen molar-refractivity contribution in [3.63, 3.8) is 0 Å². The molecule has 1 atom stereocenters. The van der Waals surface area contributed by atoms with E-state index in [1.165, 1.54) is 12.8 Å². The molecule has 2 heterocycles. The Morgan fingerprint density at radius 2 is 2.16 bits per heavy atom. The van der Waals surface area contributed by atoms with Crippen LogP contribution in [0.4, 0.5) is 0 Å². The molecule has 1 aliphatic carbocycles. The molecule has 104 valence electrons. The van der Waals surface area contributed by atoms with E-state index < -0.39 is 0 Å². The monoisotopic (exact) mass is 262 g/mol. The first-order valence-electron chi connectivity index (χ1n) is 7.34. The van der Waals surface area contributed by atoms with Crippen molar-refractivity contribution >= 4 is 0 Å². The van der Waals surface area contributed by atoms with Gasteiger partial charge in [0.25, 0.3) is 5.56 Å². The van der Waals surface area contributed by atoms with E-state index in [0.29, 0.717) is 5.92 Å². The highest BCUT2D eigenvalue weighted by molar-refractivity contribution is 5.15. The van der Waals surface area contributed by atoms with Crippen molar-refractivity contribution < 1.29 is 0 Å². The number of rotatable bonds is 4. The summed E-state index contributed by atoms with van der Waals surface area (Å²) in [6.07, 6.45) is 3.34. The van der Waals surface area contributed by atoms with Gasteiger partial charge in [0.1, 0.15) is 5.82 Å². The lowest BCUT2D eigenvalue weighted by molar-refractivity contribution is 0.162. The molecular weight excluding hydrogens is 240 g/mol. The average Bonchev–Trinajstić information content (AvgIpc) is 3.24. The Morgan fingerprint density at radius 1 is 1.42 bits per heavy atom. The first-order chi connectivity index (χ1) is 9.28. The summed E-state index contributed by atoms with van der Waals surface area (Å²) >= 11 is 0. The fourth-order valence-electron chi connectivity index (χ4n) is 2.86. The van der Waals surface area contributed by atoms with Crippen LogP contribution < -0.4 is 10.9 Å². The molecule has 1 aliphatic heterocycles. The summed E-state index contributed by atoms with van der Waals surface area (Å²) in [6.45, 7) is 6.24. The van der Waals surface area contributed by atoms with Crippen LogP contribution in [-0.4, -0.2) is 41.0 Å². The summed E-state index contributed by atoms with van der Waals surface area (Å²) in [5.41, 5.74) is 0.993. The van der Waals surface area contributed by atoms with Crippen LogP contribution in [0.3, 0.4) is 0 Å². The molecule has 2 aliphatic rings. The Labute approximate surface area is 113 Å². The minimum atomic E-state index is 0.000449. The van der Waals surface area contributed by atoms with Gasteiger partial charge in [0.05, 0.1) is 11.7 Å². The molecular formula is C14H22N4O. The first kappa shape index (κ1) is 12.8. The maximum Gasteiger partial charge on any atom is 0.251 e. The summed E-state index contributed by atoms with van der Waals surface area (Å²) in [5, 5.41) is 3.36. The van der Waals surface area contributed by atoms with E-state index in [1.807, 2.05) is 0 Å². The molecule has 1 aromatic rings. The van der Waals surface area contributed by atoms with Gasteiger partial charge >= 0.3 is 0 Å². The molecule has 0 aromatic carbocycles. The molecule has 3 rings (SSSR count). The van der Waals surface area contributed by atoms with E-state index in [2.05, 4.69) is 22.1 Å². The Kier molecular flexibility index (Phi) is 3.66. The molecule has 0 amide bonds. The minimum absolute atomic E-state index is 0.000449. The van der Waals surface area contributed by atoms with Gasteiger partial charge in [0.2, 0.25) is 0 Å². The predicted octanol–water partition coefficient (Wildman–Crippen LogP) is 1.00. The fraction of sp³-hybridized carbons (Fsp3) is 0.714. The number of piperazine rings is 1. The Hall–Kier alpha value is -1.20. The largest absolute Gasteiger partial charge is 0.314 e. The van der Waals surface area contributed by atoms with Crippen LogP contribution in [0.1, 0.15) is 49.7 Å². The van der Waals surface area contributed by atoms with Gasteiger partial charge in [-0.25, -0.2) is 4.98 Å². The van der Waals surface area contributed by atoms with Crippen LogP contribution in [0.2, 0.25) is 0 Å². The lowest BCUT2D eigenvalue weighted by Gasteiger charge is -2.33. The molecule has 5 nitrogen and oxygen atoms in total. The number of hydrogen-bond acceptors (Lipinski definition) is 4. The van der Waals surface area contributed by atoms with Crippen LogP contribution in [-0.2, 0) is 0 Å². The first-order valence-corrected chi connectivity index (χ1v) is 7.34. The maximum absolute atomic E-state index is 11.8. The highest BCUT2D eigenvalue weighted by atomic mass is 16.1. The van der Waals surface area contributed by atoms with Crippen molar-refractivity contribution in [1.82, 2.24) is 20.2 Å². The summed E-state index contributed by atoms with van der Waals surface area (Å²) < 4.78 is 0. The zero-order valence-corrected chi connectivity index (χ0v) is 11.5. The van der Waals surface area contributed by atoms with E-state index >= 15 is 0 Å². The molecule has 0 radical (unpaired) electrons. The van der Waals surface area contributed by atoms with Gasteiger partial charge in [0.15, 0.2) is 0 Å². The van der Waals surface area contributed by atoms with E-state index in [4.69, 9.17) is 4.98 Å². The van der Waals surface area contributed by atoms with Gasteiger partial charge in [0, 0.05) is 38.2 Å². The summed E-state index contributed by atoms with van der Waals surface area (Å²) in [5.74, 6) is 1.39. The molecule has 1 saturated carbocycles. The number of hydrogen-bond donors (Lipinski definition) is 2. The number of aromatic nitrogens is 2. The lowest BCUT2D eigenvalue weighted by atomic mass is 10.1. The fourth-order valence-corrected chi connectivity index (χ4v) is 2.86. The summed E-state index contributed by atoms with van der Waals surface area (Å²) in [6, 6.07) is 1.92. The minimum Gasteiger partial charge on any atom is -0.314 e. The normalized spacial score (nSPS) is 22.4. The average molecular weight is 262 g/mol. The highest BCUT2D eigenvalue weighted by Gasteiger charge is 2.28. The molecule has 1 aromatic heterocycles. The second-order valence-corrected chi connectivity index (χ2v) is 5.54. The molecule has 1 unspecified atom stereocenters. The Bertz CT molecular complexity index is 488. The summed E-state index contributed by atoms with van der Waals surface area (Å²) in [7, 11) is 0. The van der Waals surface area contributed by atoms with Crippen LogP contribution in [0.15, 0.2) is 10.9 Å². The number of nitrogens with zero attached hydrogens (tertiary/aromatic N) is 2. The topological polar surface area (TPSA) is 61.0 Å². The molecule has 5 heteroatoms. The molecule has 1 saturated heterocycles. The van der Waals surface area contributed by atoms with Crippen molar-refractivity contribution in [2.24, 2.45) is 0 Å². The molecule has 0 bridgehead atoms. The van der Waals surface area contributed by atoms with Crippen molar-refractivity contribution in [1.29, 1.82) is 0 Å². The van der Waals surface area contributed by atoms with E-state index in [0.717, 1.165) is 44.1 Å². The second-order valence-electron chi connectivity index (χ2n) is 5.54. The van der Waals surface area contributed by atoms with Crippen molar-refractivity contribution in [3.8, 4) is 0 Å². The number of aromatic amines is 1. The van der Waals surface area contributed by atoms with E-state index in [1.54, 1.807) is 6.07 Å². The zero-order valence-electron chi connectivity index (χ0n) is 11.5. The van der Waals surface area contributed by atoms with Crippen LogP contribution in [0.25, 0.3) is 0 Å². The van der Waals surface area contributed by atoms with Crippen molar-refractivity contribution in [2.75, 3.05) is 26.2 Å². The standard InChI is InChI=1S/C14H22N4O/c1-2-12(18-7-5-15-6-8-18)14-16-11(10-3-4-10)9-13(19)17-14/h9-10,12,15H,2-8H2,1H3,(H,16,17,19). The predicted molar refractivity (Wildman–Crippen MR) is 74.3 cm³/mol. The molecule has 0 spiro atoms. The number of nitrogens with one attached hydrogen (secondary N) is 2. The SMILES string of the molecule is CCC(c1nc(C2CC2)cc(=O)[nH]1)N1CCNCC1. The molecule has 19 heavy (non-hydrogen) atoms. The number of H-pyrrole nitrogens is 1. The van der Waals surface area contributed by atoms with E-state index in [-0.39, 0.29) is 11.6 Å². The third-order valence-electron chi connectivity index (χ3n) is 4.07. The molecule has 2 N–H and O–H groups in total. The van der Waals surface area contributed by atoms with Gasteiger partial charge in [-0.15, -0.1) is 0 Å². The van der Waals surface area contributed by atoms with Crippen LogP contribution >= 0.6 is 0 Å². The maximum atomic E-state index is 11.8. The Balaban J connectivity index is 1.87. The second kappa shape index (κ2) is 5.43. The zero-order chi connectivity index (χ0) is 13.2. The van der Waals surface area contributed by atoms with Gasteiger partial charge in [-0.2, -0.15) is 0 Å². The highest BCUT2D eigenvalue weighted by Crippen LogP contribution is 2.38. The van der Waals surface area contributed by atoms with Crippen LogP contribution in [0.5, 0.6) is 0 Å². The smallest absolute Gasteiger partial charge is 0.251 e. The van der Waals surface area contributed by atoms with Crippen molar-refractivity contribution in [2.45, 2.75) is 38.1 Å². The third-order valence-corrected chi connectivity index (χ3v) is 4.07. The lowest BCUT2D eigenvalue weighted by Crippen LogP contribution is -2.45. The van der Waals surface area contributed by atoms with Gasteiger partial charge in [-0.1, -0.05) is 6.92 Å². The summed E-state index contributed by atoms with van der Waals surface area (Å²) in [4.78, 5) is 21.9. The van der Waals surface area contributed by atoms with Gasteiger partial charge in [-0.05, 0) is 19.3 Å². The van der Waals surface area contributed by atoms with E-state index in [9.17, 15) is 4.79 Å². The Morgan fingerprint density at radius 3 is 2.79 bits per heavy atom. The van der Waals surface area contributed by atoms with Crippen molar-refractivity contribution in [3.05, 3.63) is 27.9 Å². The molecule has 2 fully saturated rings. The van der Waals surface area contributed by atoms with Gasteiger partial charge in [-0.3, -0.25) is 9.69 Å². The van der Waals surface area contributed by atoms with Gasteiger partial charge < -0.3 is 10.3 Å². The quantitative estimate of drug-likeness (QED) is 0.850.